The van der Waals surface area contributed by atoms with Gasteiger partial charge in [-0.3, -0.25) is 9.59 Å². The molecule has 3 aromatic rings. The monoisotopic (exact) mass is 462 g/mol. The number of ether oxygens (including phenoxy) is 3. The zero-order chi connectivity index (χ0) is 24.0. The van der Waals surface area contributed by atoms with E-state index in [1.807, 2.05) is 0 Å². The number of hydrogen-bond donors (Lipinski definition) is 5. The van der Waals surface area contributed by atoms with Gasteiger partial charge in [-0.2, -0.15) is 0 Å². The Balaban J connectivity index is 1.78. The molecule has 4 rings (SSSR count). The van der Waals surface area contributed by atoms with Gasteiger partial charge in [-0.25, -0.2) is 0 Å². The van der Waals surface area contributed by atoms with E-state index in [9.17, 15) is 35.1 Å². The van der Waals surface area contributed by atoms with Crippen LogP contribution in [0.15, 0.2) is 33.5 Å². The van der Waals surface area contributed by atoms with Gasteiger partial charge in [0.05, 0.1) is 5.39 Å². The van der Waals surface area contributed by atoms with Crippen LogP contribution in [-0.4, -0.2) is 68.8 Å². The van der Waals surface area contributed by atoms with Crippen molar-refractivity contribution in [2.24, 2.45) is 0 Å². The lowest BCUT2D eigenvalue weighted by molar-refractivity contribution is -0.278. The number of rotatable bonds is 4. The Morgan fingerprint density at radius 2 is 1.76 bits per heavy atom. The zero-order valence-corrected chi connectivity index (χ0v) is 17.6. The number of aliphatic hydroxyl groups excluding tert-OH is 3. The van der Waals surface area contributed by atoms with Gasteiger partial charge in [0.15, 0.2) is 5.43 Å². The van der Waals surface area contributed by atoms with Crippen LogP contribution in [0.25, 0.3) is 21.7 Å². The summed E-state index contributed by atoms with van der Waals surface area (Å²) in [4.78, 5) is 23.4. The van der Waals surface area contributed by atoms with Crippen LogP contribution in [0, 0.1) is 6.92 Å². The van der Waals surface area contributed by atoms with E-state index >= 15 is 0 Å². The molecule has 33 heavy (non-hydrogen) atoms. The van der Waals surface area contributed by atoms with E-state index in [1.54, 1.807) is 6.92 Å². The van der Waals surface area contributed by atoms with Crippen LogP contribution >= 0.6 is 0 Å². The largest absolute Gasteiger partial charge is 0.507 e. The van der Waals surface area contributed by atoms with Gasteiger partial charge in [-0.1, -0.05) is 0 Å². The van der Waals surface area contributed by atoms with Gasteiger partial charge < -0.3 is 44.2 Å². The first kappa shape index (κ1) is 22.8. The molecule has 1 fully saturated rings. The number of carbonyl (C=O) groups is 1. The first-order chi connectivity index (χ1) is 15.6. The van der Waals surface area contributed by atoms with E-state index in [0.29, 0.717) is 5.76 Å². The first-order valence-electron chi connectivity index (χ1n) is 9.99. The highest BCUT2D eigenvalue weighted by Gasteiger charge is 2.45. The van der Waals surface area contributed by atoms with Crippen molar-refractivity contribution in [2.75, 3.05) is 6.61 Å². The molecule has 0 unspecified atom stereocenters. The summed E-state index contributed by atoms with van der Waals surface area (Å²) < 4.78 is 21.5. The standard InChI is InChI=1S/C22H22O11/c1-8-3-12(25)17-13(31-8)5-10-4-11(24)6-14(16(10)19(17)27)32-22-21(29)20(28)18(26)15(33-22)7-30-9(2)23/h3-6,15,18,20-22,25-29H,7H2,1-2H3/t15-,18-,20+,21-,22-/m1/s1. The minimum absolute atomic E-state index is 0.0180. The predicted molar refractivity (Wildman–Crippen MR) is 112 cm³/mol. The zero-order valence-electron chi connectivity index (χ0n) is 17.6. The van der Waals surface area contributed by atoms with Crippen molar-refractivity contribution in [1.29, 1.82) is 0 Å². The summed E-state index contributed by atoms with van der Waals surface area (Å²) in [7, 11) is 0. The summed E-state index contributed by atoms with van der Waals surface area (Å²) in [5, 5.41) is 52.1. The third-order valence-electron chi connectivity index (χ3n) is 5.34. The van der Waals surface area contributed by atoms with Crippen LogP contribution in [-0.2, 0) is 14.3 Å². The van der Waals surface area contributed by atoms with E-state index in [0.717, 1.165) is 13.0 Å². The molecule has 0 saturated carbocycles. The molecular weight excluding hydrogens is 440 g/mol. The van der Waals surface area contributed by atoms with E-state index in [2.05, 4.69) is 0 Å². The van der Waals surface area contributed by atoms with Gasteiger partial charge in [0.1, 0.15) is 65.0 Å². The highest BCUT2D eigenvalue weighted by atomic mass is 16.7. The molecular formula is C22H22O11. The Morgan fingerprint density at radius 3 is 2.45 bits per heavy atom. The van der Waals surface area contributed by atoms with Crippen molar-refractivity contribution in [2.45, 2.75) is 44.6 Å². The quantitative estimate of drug-likeness (QED) is 0.268. The lowest BCUT2D eigenvalue weighted by Gasteiger charge is -2.40. The van der Waals surface area contributed by atoms with E-state index < -0.39 is 54.5 Å². The predicted octanol–water partition coefficient (Wildman–Crippen LogP) is 0.415. The van der Waals surface area contributed by atoms with Gasteiger partial charge >= 0.3 is 5.97 Å². The van der Waals surface area contributed by atoms with Crippen LogP contribution in [0.1, 0.15) is 12.7 Å². The highest BCUT2D eigenvalue weighted by molar-refractivity contribution is 6.07. The number of aryl methyl sites for hydroxylation is 1. The fourth-order valence-electron chi connectivity index (χ4n) is 3.80. The number of aliphatic hydroxyl groups is 3. The highest BCUT2D eigenvalue weighted by Crippen LogP contribution is 2.43. The van der Waals surface area contributed by atoms with Gasteiger partial charge in [0, 0.05) is 19.1 Å². The summed E-state index contributed by atoms with van der Waals surface area (Å²) in [6, 6.07) is 4.99. The lowest BCUT2D eigenvalue weighted by atomic mass is 9.99. The second kappa shape index (κ2) is 8.52. The molecule has 2 heterocycles. The van der Waals surface area contributed by atoms with Gasteiger partial charge in [-0.15, -0.1) is 0 Å². The molecule has 1 aromatic heterocycles. The summed E-state index contributed by atoms with van der Waals surface area (Å²) in [5.74, 6) is -1.19. The number of phenolic OH excluding ortho intramolecular Hbond substituents is 1. The Bertz CT molecular complexity index is 1280. The van der Waals surface area contributed by atoms with Crippen molar-refractivity contribution in [1.82, 2.24) is 0 Å². The lowest BCUT2D eigenvalue weighted by Crippen LogP contribution is -2.60. The third kappa shape index (κ3) is 4.18. The Hall–Kier alpha value is -3.38. The van der Waals surface area contributed by atoms with Crippen molar-refractivity contribution >= 4 is 27.7 Å². The van der Waals surface area contributed by atoms with Crippen LogP contribution in [0.4, 0.5) is 0 Å². The maximum Gasteiger partial charge on any atom is 0.302 e. The Morgan fingerprint density at radius 1 is 1.03 bits per heavy atom. The Labute approximate surface area is 186 Å². The summed E-state index contributed by atoms with van der Waals surface area (Å²) >= 11 is 0. The molecule has 5 N–H and O–H groups in total. The molecule has 0 bridgehead atoms. The molecule has 0 radical (unpaired) electrons. The number of fused-ring (bicyclic) bond motifs is 2. The van der Waals surface area contributed by atoms with Crippen LogP contribution in [0.5, 0.6) is 17.2 Å². The smallest absolute Gasteiger partial charge is 0.302 e. The number of phenols is 1. The molecule has 1 aliphatic rings. The number of carbonyl (C=O) groups excluding carboxylic acids is 1. The fraction of sp³-hybridized carbons (Fsp3) is 0.364. The van der Waals surface area contributed by atoms with Gasteiger partial charge in [0.2, 0.25) is 6.29 Å². The SMILES string of the molecule is CC(=O)OC[C@H]1O[C@@H](Oc2cc(=O)cc3cc4oc(C)cc(O)c4c(O)c23)[C@H](O)[C@@H](O)[C@@H]1O. The topological polar surface area (TPSA) is 176 Å². The third-order valence-corrected chi connectivity index (χ3v) is 5.34. The fourth-order valence-corrected chi connectivity index (χ4v) is 3.80. The molecule has 11 nitrogen and oxygen atoms in total. The molecule has 0 amide bonds. The van der Waals surface area contributed by atoms with Gasteiger partial charge in [0.25, 0.3) is 0 Å². The first-order valence-corrected chi connectivity index (χ1v) is 9.99. The van der Waals surface area contributed by atoms with Crippen molar-refractivity contribution in [3.05, 3.63) is 40.2 Å². The number of hydrogen-bond acceptors (Lipinski definition) is 11. The van der Waals surface area contributed by atoms with Gasteiger partial charge in [-0.05, 0) is 24.4 Å². The van der Waals surface area contributed by atoms with Crippen LogP contribution < -0.4 is 10.2 Å². The second-order valence-corrected chi connectivity index (χ2v) is 7.80. The van der Waals surface area contributed by atoms with Crippen molar-refractivity contribution in [3.63, 3.8) is 0 Å². The molecule has 176 valence electrons. The molecule has 11 heteroatoms. The number of esters is 1. The maximum absolute atomic E-state index is 12.3. The summed E-state index contributed by atoms with van der Waals surface area (Å²) in [6.45, 7) is 2.33. The second-order valence-electron chi connectivity index (χ2n) is 7.80. The molecule has 0 spiro atoms. The van der Waals surface area contributed by atoms with E-state index in [4.69, 9.17) is 18.6 Å². The summed E-state index contributed by atoms with van der Waals surface area (Å²) in [5.41, 5.74) is -0.376. The molecule has 2 aromatic carbocycles. The number of aromatic hydroxyl groups is 2. The van der Waals surface area contributed by atoms with Crippen LogP contribution in [0.3, 0.4) is 0 Å². The van der Waals surface area contributed by atoms with E-state index in [-0.39, 0.29) is 33.2 Å². The maximum atomic E-state index is 12.3. The number of benzene rings is 2. The molecule has 0 aliphatic carbocycles. The normalized spacial score (nSPS) is 25.3. The molecule has 1 saturated heterocycles. The molecule has 1 aliphatic heterocycles. The average Bonchev–Trinajstić information content (AvgIpc) is 2.72. The minimum Gasteiger partial charge on any atom is -0.507 e. The Kier molecular flexibility index (Phi) is 5.89. The summed E-state index contributed by atoms with van der Waals surface area (Å²) in [6.07, 6.45) is -7.88. The van der Waals surface area contributed by atoms with Crippen LogP contribution in [0.2, 0.25) is 0 Å². The van der Waals surface area contributed by atoms with E-state index in [1.165, 1.54) is 18.2 Å². The molecule has 5 atom stereocenters. The van der Waals surface area contributed by atoms with Crippen molar-refractivity contribution < 1.29 is 49.0 Å². The van der Waals surface area contributed by atoms with Crippen molar-refractivity contribution in [3.8, 4) is 17.2 Å². The minimum atomic E-state index is -1.74. The average molecular weight is 462 g/mol.